The van der Waals surface area contributed by atoms with Crippen LogP contribution in [0.4, 0.5) is 0 Å². The van der Waals surface area contributed by atoms with Crippen molar-refractivity contribution in [2.45, 2.75) is 13.3 Å². The number of hydrogen-bond donors (Lipinski definition) is 0. The number of thiazole rings is 1. The van der Waals surface area contributed by atoms with Crippen molar-refractivity contribution in [3.05, 3.63) is 40.4 Å². The van der Waals surface area contributed by atoms with Crippen molar-refractivity contribution in [2.24, 2.45) is 0 Å². The number of benzene rings is 1. The fourth-order valence-corrected chi connectivity index (χ4v) is 2.91. The first-order valence-corrected chi connectivity index (χ1v) is 7.31. The molecule has 0 amide bonds. The lowest BCUT2D eigenvalue weighted by Gasteiger charge is -2.02. The van der Waals surface area contributed by atoms with E-state index in [4.69, 9.17) is 16.3 Å². The maximum atomic E-state index is 5.87. The molecule has 0 unspecified atom stereocenters. The summed E-state index contributed by atoms with van der Waals surface area (Å²) >= 11 is 7.49. The van der Waals surface area contributed by atoms with Gasteiger partial charge in [-0.2, -0.15) is 9.97 Å². The van der Waals surface area contributed by atoms with E-state index in [9.17, 15) is 0 Å². The zero-order chi connectivity index (χ0) is 13.9. The predicted molar refractivity (Wildman–Crippen MR) is 78.4 cm³/mol. The number of para-hydroxylation sites is 1. The average molecular weight is 307 g/mol. The summed E-state index contributed by atoms with van der Waals surface area (Å²) < 4.78 is 6.41. The van der Waals surface area contributed by atoms with Crippen LogP contribution in [-0.2, 0) is 6.42 Å². The summed E-state index contributed by atoms with van der Waals surface area (Å²) in [4.78, 5) is 16.8. The highest BCUT2D eigenvalue weighted by atomic mass is 35.5. The third-order valence-corrected chi connectivity index (χ3v) is 3.76. The SMILES string of the molecule is CCOc1nc(Cl)nc(Cc2nc3ccccc3s2)n1. The topological polar surface area (TPSA) is 60.8 Å². The zero-order valence-electron chi connectivity index (χ0n) is 10.7. The van der Waals surface area contributed by atoms with Crippen molar-refractivity contribution in [1.29, 1.82) is 0 Å². The first-order valence-electron chi connectivity index (χ1n) is 6.12. The second-order valence-corrected chi connectivity index (χ2v) is 5.44. The molecule has 0 bridgehead atoms. The van der Waals surface area contributed by atoms with Crippen LogP contribution in [0.5, 0.6) is 6.01 Å². The van der Waals surface area contributed by atoms with E-state index in [1.165, 1.54) is 0 Å². The fourth-order valence-electron chi connectivity index (χ4n) is 1.77. The van der Waals surface area contributed by atoms with Gasteiger partial charge < -0.3 is 4.74 Å². The number of nitrogens with zero attached hydrogens (tertiary/aromatic N) is 4. The van der Waals surface area contributed by atoms with Crippen LogP contribution in [0, 0.1) is 0 Å². The molecule has 0 fully saturated rings. The Morgan fingerprint density at radius 3 is 2.80 bits per heavy atom. The molecule has 0 spiro atoms. The molecule has 0 aliphatic rings. The minimum Gasteiger partial charge on any atom is -0.464 e. The van der Waals surface area contributed by atoms with Gasteiger partial charge in [-0.1, -0.05) is 12.1 Å². The highest BCUT2D eigenvalue weighted by Gasteiger charge is 2.10. The summed E-state index contributed by atoms with van der Waals surface area (Å²) in [5, 5.41) is 1.08. The number of fused-ring (bicyclic) bond motifs is 1. The average Bonchev–Trinajstić information content (AvgIpc) is 2.80. The van der Waals surface area contributed by atoms with E-state index >= 15 is 0 Å². The largest absolute Gasteiger partial charge is 0.464 e. The quantitative estimate of drug-likeness (QED) is 0.741. The highest BCUT2D eigenvalue weighted by molar-refractivity contribution is 7.18. The molecule has 1 aromatic carbocycles. The Kier molecular flexibility index (Phi) is 3.75. The number of halogens is 1. The third-order valence-electron chi connectivity index (χ3n) is 2.55. The van der Waals surface area contributed by atoms with Gasteiger partial charge in [0.05, 0.1) is 23.2 Å². The highest BCUT2D eigenvalue weighted by Crippen LogP contribution is 2.23. The van der Waals surface area contributed by atoms with Crippen LogP contribution < -0.4 is 4.74 Å². The third kappa shape index (κ3) is 2.86. The van der Waals surface area contributed by atoms with Crippen molar-refractivity contribution in [3.8, 4) is 6.01 Å². The molecule has 0 aliphatic carbocycles. The molecule has 2 aromatic heterocycles. The smallest absolute Gasteiger partial charge is 0.320 e. The molecule has 0 atom stereocenters. The summed E-state index contributed by atoms with van der Waals surface area (Å²) in [5.74, 6) is 0.563. The minimum atomic E-state index is 0.138. The van der Waals surface area contributed by atoms with Crippen LogP contribution in [-0.4, -0.2) is 26.5 Å². The Morgan fingerprint density at radius 2 is 2.00 bits per heavy atom. The number of ether oxygens (including phenoxy) is 1. The first-order chi connectivity index (χ1) is 9.74. The molecule has 7 heteroatoms. The van der Waals surface area contributed by atoms with E-state index in [0.717, 1.165) is 15.2 Å². The fraction of sp³-hybridized carbons (Fsp3) is 0.231. The van der Waals surface area contributed by atoms with Crippen molar-refractivity contribution in [1.82, 2.24) is 19.9 Å². The van der Waals surface area contributed by atoms with Crippen LogP contribution in [0.3, 0.4) is 0 Å². The van der Waals surface area contributed by atoms with Crippen LogP contribution >= 0.6 is 22.9 Å². The Labute approximate surface area is 124 Å². The van der Waals surface area contributed by atoms with Crippen molar-refractivity contribution >= 4 is 33.2 Å². The molecular weight excluding hydrogens is 296 g/mol. The zero-order valence-corrected chi connectivity index (χ0v) is 12.3. The van der Waals surface area contributed by atoms with Gasteiger partial charge in [0.1, 0.15) is 10.8 Å². The Hall–Kier alpha value is -1.79. The molecule has 0 saturated carbocycles. The number of hydrogen-bond acceptors (Lipinski definition) is 6. The summed E-state index contributed by atoms with van der Waals surface area (Å²) in [7, 11) is 0. The maximum absolute atomic E-state index is 5.87. The van der Waals surface area contributed by atoms with Crippen molar-refractivity contribution in [2.75, 3.05) is 6.61 Å². The van der Waals surface area contributed by atoms with Crippen molar-refractivity contribution < 1.29 is 4.74 Å². The van der Waals surface area contributed by atoms with Crippen LogP contribution in [0.25, 0.3) is 10.2 Å². The lowest BCUT2D eigenvalue weighted by molar-refractivity contribution is 0.310. The van der Waals surface area contributed by atoms with Crippen LogP contribution in [0.15, 0.2) is 24.3 Å². The van der Waals surface area contributed by atoms with E-state index in [1.807, 2.05) is 31.2 Å². The van der Waals surface area contributed by atoms with Gasteiger partial charge in [0.15, 0.2) is 0 Å². The monoisotopic (exact) mass is 306 g/mol. The summed E-state index contributed by atoms with van der Waals surface area (Å²) in [5.41, 5.74) is 0.984. The normalized spacial score (nSPS) is 10.9. The van der Waals surface area contributed by atoms with Gasteiger partial charge in [0.2, 0.25) is 5.28 Å². The second kappa shape index (κ2) is 5.68. The van der Waals surface area contributed by atoms with Gasteiger partial charge in [0.25, 0.3) is 0 Å². The molecule has 2 heterocycles. The lowest BCUT2D eigenvalue weighted by atomic mass is 10.3. The molecule has 102 valence electrons. The maximum Gasteiger partial charge on any atom is 0.320 e. The molecule has 0 aliphatic heterocycles. The minimum absolute atomic E-state index is 0.138. The molecule has 0 N–H and O–H groups in total. The van der Waals surface area contributed by atoms with Gasteiger partial charge in [0, 0.05) is 0 Å². The summed E-state index contributed by atoms with van der Waals surface area (Å²) in [6.45, 7) is 2.35. The van der Waals surface area contributed by atoms with Gasteiger partial charge in [-0.3, -0.25) is 0 Å². The molecule has 0 radical (unpaired) electrons. The van der Waals surface area contributed by atoms with E-state index < -0.39 is 0 Å². The van der Waals surface area contributed by atoms with E-state index in [1.54, 1.807) is 11.3 Å². The first kappa shape index (κ1) is 13.2. The Balaban J connectivity index is 1.90. The Bertz CT molecular complexity index is 713. The number of aromatic nitrogens is 4. The summed E-state index contributed by atoms with van der Waals surface area (Å²) in [6, 6.07) is 8.25. The van der Waals surface area contributed by atoms with E-state index in [0.29, 0.717) is 18.9 Å². The van der Waals surface area contributed by atoms with Gasteiger partial charge in [-0.15, -0.1) is 11.3 Å². The molecular formula is C13H11ClN4OS. The molecule has 3 rings (SSSR count). The van der Waals surface area contributed by atoms with Crippen molar-refractivity contribution in [3.63, 3.8) is 0 Å². The van der Waals surface area contributed by atoms with Gasteiger partial charge in [-0.25, -0.2) is 9.97 Å². The summed E-state index contributed by atoms with van der Waals surface area (Å²) in [6.07, 6.45) is 0.516. The molecule has 0 saturated heterocycles. The predicted octanol–water partition coefficient (Wildman–Crippen LogP) is 3.12. The molecule has 3 aromatic rings. The Morgan fingerprint density at radius 1 is 1.15 bits per heavy atom. The second-order valence-electron chi connectivity index (χ2n) is 3.99. The number of rotatable bonds is 4. The van der Waals surface area contributed by atoms with Crippen LogP contribution in [0.2, 0.25) is 5.28 Å². The molecule has 20 heavy (non-hydrogen) atoms. The lowest BCUT2D eigenvalue weighted by Crippen LogP contribution is -2.04. The van der Waals surface area contributed by atoms with E-state index in [2.05, 4.69) is 19.9 Å². The standard InChI is InChI=1S/C13H11ClN4OS/c1-2-19-13-17-10(16-12(14)18-13)7-11-15-8-5-3-4-6-9(8)20-11/h3-6H,2,7H2,1H3. The van der Waals surface area contributed by atoms with Gasteiger partial charge >= 0.3 is 6.01 Å². The van der Waals surface area contributed by atoms with Gasteiger partial charge in [-0.05, 0) is 30.7 Å². The van der Waals surface area contributed by atoms with Crippen LogP contribution in [0.1, 0.15) is 17.8 Å². The molecule has 5 nitrogen and oxygen atoms in total. The van der Waals surface area contributed by atoms with E-state index in [-0.39, 0.29) is 11.3 Å².